The molecule has 0 aliphatic rings. The van der Waals surface area contributed by atoms with Gasteiger partial charge in [-0.25, -0.2) is 9.59 Å². The minimum absolute atomic E-state index is 0.155. The molecule has 17 heavy (non-hydrogen) atoms. The largest absolute Gasteiger partial charge is 0.479 e. The summed E-state index contributed by atoms with van der Waals surface area (Å²) in [5.41, 5.74) is 0. The summed E-state index contributed by atoms with van der Waals surface area (Å²) < 4.78 is 0. The first-order valence-corrected chi connectivity index (χ1v) is 4.99. The first-order chi connectivity index (χ1) is 7.88. The van der Waals surface area contributed by atoms with E-state index in [-0.39, 0.29) is 25.4 Å². The summed E-state index contributed by atoms with van der Waals surface area (Å²) in [4.78, 5) is 33.8. The lowest BCUT2D eigenvalue weighted by Crippen LogP contribution is -2.43. The number of nitrogens with zero attached hydrogens (tertiary/aromatic N) is 1. The number of urea groups is 1. The van der Waals surface area contributed by atoms with Crippen molar-refractivity contribution in [3.63, 3.8) is 0 Å². The Bertz CT molecular complexity index is 294. The molecule has 0 fully saturated rings. The van der Waals surface area contributed by atoms with Crippen LogP contribution in [0.3, 0.4) is 0 Å². The molecule has 0 aliphatic heterocycles. The van der Waals surface area contributed by atoms with Crippen molar-refractivity contribution in [2.75, 3.05) is 27.2 Å². The van der Waals surface area contributed by atoms with Gasteiger partial charge in [-0.05, 0) is 0 Å². The highest BCUT2D eigenvalue weighted by Crippen LogP contribution is 1.89. The number of hydrogen-bond acceptors (Lipinski definition) is 4. The van der Waals surface area contributed by atoms with Gasteiger partial charge in [-0.15, -0.1) is 0 Å². The fourth-order valence-electron chi connectivity index (χ4n) is 0.902. The average molecular weight is 247 g/mol. The zero-order chi connectivity index (χ0) is 13.4. The molecule has 8 heteroatoms. The molecule has 3 amide bonds. The number of hydrogen-bond donors (Lipinski definition) is 4. The highest BCUT2D eigenvalue weighted by molar-refractivity contribution is 5.78. The summed E-state index contributed by atoms with van der Waals surface area (Å²) in [6, 6.07) is -0.547. The van der Waals surface area contributed by atoms with Crippen molar-refractivity contribution in [1.82, 2.24) is 15.5 Å². The number of carbonyl (C=O) groups excluding carboxylic acids is 2. The zero-order valence-corrected chi connectivity index (χ0v) is 9.77. The summed E-state index contributed by atoms with van der Waals surface area (Å²) in [7, 11) is 2.96. The van der Waals surface area contributed by atoms with Crippen LogP contribution in [0.15, 0.2) is 0 Å². The number of aliphatic hydroxyl groups is 1. The Morgan fingerprint density at radius 2 is 1.94 bits per heavy atom. The normalized spacial score (nSPS) is 11.5. The smallest absolute Gasteiger partial charge is 0.334 e. The van der Waals surface area contributed by atoms with E-state index in [4.69, 9.17) is 10.2 Å². The van der Waals surface area contributed by atoms with Crippen LogP contribution in [0.2, 0.25) is 0 Å². The van der Waals surface area contributed by atoms with E-state index in [0.29, 0.717) is 0 Å². The highest BCUT2D eigenvalue weighted by atomic mass is 16.4. The van der Waals surface area contributed by atoms with Gasteiger partial charge in [-0.1, -0.05) is 0 Å². The van der Waals surface area contributed by atoms with E-state index >= 15 is 0 Å². The van der Waals surface area contributed by atoms with Crippen molar-refractivity contribution in [3.05, 3.63) is 0 Å². The van der Waals surface area contributed by atoms with Crippen molar-refractivity contribution in [2.24, 2.45) is 0 Å². The lowest BCUT2D eigenvalue weighted by Gasteiger charge is -2.18. The molecular weight excluding hydrogens is 230 g/mol. The van der Waals surface area contributed by atoms with Gasteiger partial charge in [0.05, 0.1) is 6.54 Å². The molecule has 0 heterocycles. The maximum atomic E-state index is 11.3. The van der Waals surface area contributed by atoms with Crippen LogP contribution in [0.4, 0.5) is 4.79 Å². The van der Waals surface area contributed by atoms with Gasteiger partial charge in [0.1, 0.15) is 0 Å². The second-order valence-corrected chi connectivity index (χ2v) is 3.38. The van der Waals surface area contributed by atoms with E-state index in [1.807, 2.05) is 0 Å². The monoisotopic (exact) mass is 247 g/mol. The summed E-state index contributed by atoms with van der Waals surface area (Å²) >= 11 is 0. The molecule has 0 bridgehead atoms. The molecular formula is C9H17N3O5. The van der Waals surface area contributed by atoms with Crippen LogP contribution in [0, 0.1) is 0 Å². The molecule has 0 rings (SSSR count). The van der Waals surface area contributed by atoms with E-state index in [1.54, 1.807) is 0 Å². The van der Waals surface area contributed by atoms with Crippen LogP contribution in [0.25, 0.3) is 0 Å². The fraction of sp³-hybridized carbons (Fsp3) is 0.667. The van der Waals surface area contributed by atoms with Gasteiger partial charge in [0.15, 0.2) is 6.10 Å². The van der Waals surface area contributed by atoms with E-state index in [9.17, 15) is 14.4 Å². The van der Waals surface area contributed by atoms with Gasteiger partial charge in [-0.3, -0.25) is 4.79 Å². The van der Waals surface area contributed by atoms with Crippen LogP contribution in [-0.2, 0) is 9.59 Å². The molecule has 8 nitrogen and oxygen atoms in total. The van der Waals surface area contributed by atoms with E-state index in [2.05, 4.69) is 10.6 Å². The molecule has 0 aromatic heterocycles. The van der Waals surface area contributed by atoms with E-state index < -0.39 is 18.1 Å². The summed E-state index contributed by atoms with van der Waals surface area (Å²) in [5.74, 6) is -1.60. The molecule has 0 spiro atoms. The lowest BCUT2D eigenvalue weighted by molar-refractivity contribution is -0.146. The minimum atomic E-state index is -1.63. The SMILES string of the molecule is CNC(=O)CCN(C)C(=O)NC[C@H](O)C(=O)O. The van der Waals surface area contributed by atoms with Gasteiger partial charge in [0, 0.05) is 27.1 Å². The number of aliphatic hydroxyl groups excluding tert-OH is 1. The minimum Gasteiger partial charge on any atom is -0.479 e. The predicted octanol–water partition coefficient (Wildman–Crippen LogP) is -1.79. The van der Waals surface area contributed by atoms with E-state index in [1.165, 1.54) is 19.0 Å². The Balaban J connectivity index is 3.90. The van der Waals surface area contributed by atoms with Gasteiger partial charge in [0.2, 0.25) is 5.91 Å². The number of amides is 3. The second kappa shape index (κ2) is 7.44. The first-order valence-electron chi connectivity index (χ1n) is 4.99. The average Bonchev–Trinajstić information content (AvgIpc) is 2.31. The van der Waals surface area contributed by atoms with Gasteiger partial charge >= 0.3 is 12.0 Å². The van der Waals surface area contributed by atoms with Crippen molar-refractivity contribution in [3.8, 4) is 0 Å². The molecule has 98 valence electrons. The number of aliphatic carboxylic acids is 1. The quantitative estimate of drug-likeness (QED) is 0.442. The standard InChI is InChI=1S/C9H17N3O5/c1-10-7(14)3-4-12(2)9(17)11-5-6(13)8(15)16/h6,13H,3-5H2,1-2H3,(H,10,14)(H,11,17)(H,15,16)/t6-/m0/s1. The molecule has 0 saturated carbocycles. The maximum Gasteiger partial charge on any atom is 0.334 e. The summed E-state index contributed by atoms with van der Waals surface area (Å²) in [6.07, 6.45) is -1.48. The molecule has 4 N–H and O–H groups in total. The fourth-order valence-corrected chi connectivity index (χ4v) is 0.902. The Labute approximate surface area is 98.6 Å². The maximum absolute atomic E-state index is 11.3. The van der Waals surface area contributed by atoms with Crippen LogP contribution in [-0.4, -0.2) is 66.3 Å². The van der Waals surface area contributed by atoms with Gasteiger partial charge in [-0.2, -0.15) is 0 Å². The zero-order valence-electron chi connectivity index (χ0n) is 9.77. The lowest BCUT2D eigenvalue weighted by atomic mass is 10.3. The summed E-state index contributed by atoms with van der Waals surface area (Å²) in [5, 5.41) is 21.9. The number of carbonyl (C=O) groups is 3. The highest BCUT2D eigenvalue weighted by Gasteiger charge is 2.16. The molecule has 0 radical (unpaired) electrons. The van der Waals surface area contributed by atoms with E-state index in [0.717, 1.165) is 0 Å². The van der Waals surface area contributed by atoms with Crippen LogP contribution in [0.1, 0.15) is 6.42 Å². The molecule has 0 aromatic rings. The topological polar surface area (TPSA) is 119 Å². The summed E-state index contributed by atoms with van der Waals surface area (Å²) in [6.45, 7) is -0.173. The molecule has 1 atom stereocenters. The van der Waals surface area contributed by atoms with Crippen LogP contribution < -0.4 is 10.6 Å². The van der Waals surface area contributed by atoms with Crippen molar-refractivity contribution < 1.29 is 24.6 Å². The van der Waals surface area contributed by atoms with Crippen LogP contribution >= 0.6 is 0 Å². The number of carboxylic acids is 1. The Morgan fingerprint density at radius 3 is 2.41 bits per heavy atom. The first kappa shape index (κ1) is 15.2. The predicted molar refractivity (Wildman–Crippen MR) is 58.4 cm³/mol. The Morgan fingerprint density at radius 1 is 1.35 bits per heavy atom. The van der Waals surface area contributed by atoms with Crippen molar-refractivity contribution >= 4 is 17.9 Å². The van der Waals surface area contributed by atoms with Crippen molar-refractivity contribution in [1.29, 1.82) is 0 Å². The molecule has 0 aliphatic carbocycles. The Hall–Kier alpha value is -1.83. The number of rotatable bonds is 6. The van der Waals surface area contributed by atoms with Gasteiger partial charge in [0.25, 0.3) is 0 Å². The van der Waals surface area contributed by atoms with Crippen LogP contribution in [0.5, 0.6) is 0 Å². The number of nitrogens with one attached hydrogen (secondary N) is 2. The third kappa shape index (κ3) is 6.36. The molecule has 0 aromatic carbocycles. The second-order valence-electron chi connectivity index (χ2n) is 3.38. The third-order valence-corrected chi connectivity index (χ3v) is 2.03. The van der Waals surface area contributed by atoms with Crippen molar-refractivity contribution in [2.45, 2.75) is 12.5 Å². The van der Waals surface area contributed by atoms with Gasteiger partial charge < -0.3 is 25.7 Å². The number of carboxylic acid groups (broad SMARTS) is 1. The third-order valence-electron chi connectivity index (χ3n) is 2.03. The molecule has 0 unspecified atom stereocenters. The Kier molecular flexibility index (Phi) is 6.64. The molecule has 0 saturated heterocycles.